The van der Waals surface area contributed by atoms with E-state index in [9.17, 15) is 9.59 Å². The summed E-state index contributed by atoms with van der Waals surface area (Å²) in [7, 11) is 0. The van der Waals surface area contributed by atoms with Gasteiger partial charge in [-0.25, -0.2) is 5.48 Å². The molecule has 23 heavy (non-hydrogen) atoms. The van der Waals surface area contributed by atoms with Crippen molar-refractivity contribution in [3.63, 3.8) is 0 Å². The number of rotatable bonds is 5. The minimum atomic E-state index is -0.647. The molecule has 0 spiro atoms. The number of amides is 2. The van der Waals surface area contributed by atoms with Crippen molar-refractivity contribution in [2.24, 2.45) is 0 Å². The number of aromatic nitrogens is 2. The molecule has 2 aromatic rings. The number of nitrogens with zero attached hydrogens (tertiary/aromatic N) is 2. The Morgan fingerprint density at radius 2 is 2.09 bits per heavy atom. The van der Waals surface area contributed by atoms with Gasteiger partial charge < -0.3 is 5.32 Å². The number of carbonyl (C=O) groups is 2. The van der Waals surface area contributed by atoms with Crippen molar-refractivity contribution < 1.29 is 14.8 Å². The maximum atomic E-state index is 12.4. The average Bonchev–Trinajstić information content (AvgIpc) is 2.94. The van der Waals surface area contributed by atoms with Crippen LogP contribution in [0.4, 0.5) is 5.69 Å². The smallest absolute Gasteiger partial charge is 0.273 e. The van der Waals surface area contributed by atoms with Crippen molar-refractivity contribution in [3.05, 3.63) is 53.4 Å². The molecule has 0 aliphatic heterocycles. The van der Waals surface area contributed by atoms with Gasteiger partial charge in [0, 0.05) is 18.3 Å². The zero-order chi connectivity index (χ0) is 16.8. The Morgan fingerprint density at radius 3 is 2.78 bits per heavy atom. The van der Waals surface area contributed by atoms with Crippen molar-refractivity contribution in [1.82, 2.24) is 15.3 Å². The lowest BCUT2D eigenvalue weighted by atomic mass is 10.1. The van der Waals surface area contributed by atoms with Crippen LogP contribution in [0.3, 0.4) is 0 Å². The maximum Gasteiger partial charge on any atom is 0.273 e. The number of hydrogen-bond donors (Lipinski definition) is 3. The van der Waals surface area contributed by atoms with Gasteiger partial charge in [0.05, 0.1) is 5.69 Å². The number of nitrogens with one attached hydrogen (secondary N) is 2. The van der Waals surface area contributed by atoms with Gasteiger partial charge in [0.15, 0.2) is 0 Å². The summed E-state index contributed by atoms with van der Waals surface area (Å²) in [5.74, 6) is -0.925. The predicted octanol–water partition coefficient (Wildman–Crippen LogP) is 1.98. The van der Waals surface area contributed by atoms with Gasteiger partial charge in [0.1, 0.15) is 5.69 Å². The van der Waals surface area contributed by atoms with Crippen molar-refractivity contribution in [2.45, 2.75) is 20.4 Å². The van der Waals surface area contributed by atoms with E-state index in [1.165, 1.54) is 17.6 Å². The molecule has 7 nitrogen and oxygen atoms in total. The van der Waals surface area contributed by atoms with E-state index in [1.54, 1.807) is 35.0 Å². The molecule has 0 aliphatic carbocycles. The molecule has 0 radical (unpaired) electrons. The Hall–Kier alpha value is -2.93. The Labute approximate surface area is 133 Å². The molecule has 0 unspecified atom stereocenters. The fourth-order valence-corrected chi connectivity index (χ4v) is 2.11. The molecule has 2 rings (SSSR count). The number of para-hydroxylation sites is 1. The Balaban J connectivity index is 2.24. The van der Waals surface area contributed by atoms with E-state index in [1.807, 2.05) is 13.8 Å². The lowest BCUT2D eigenvalue weighted by Crippen LogP contribution is -2.18. The van der Waals surface area contributed by atoms with Crippen LogP contribution < -0.4 is 10.8 Å². The lowest BCUT2D eigenvalue weighted by Gasteiger charge is -2.09. The van der Waals surface area contributed by atoms with E-state index in [4.69, 9.17) is 5.21 Å². The normalized spacial score (nSPS) is 10.7. The molecule has 0 atom stereocenters. The third-order valence-corrected chi connectivity index (χ3v) is 3.17. The van der Waals surface area contributed by atoms with Gasteiger partial charge >= 0.3 is 0 Å². The molecule has 0 fully saturated rings. The molecule has 2 amide bonds. The number of benzene rings is 1. The van der Waals surface area contributed by atoms with Crippen LogP contribution in [0.1, 0.15) is 28.7 Å². The van der Waals surface area contributed by atoms with Gasteiger partial charge in [-0.1, -0.05) is 18.2 Å². The number of carbonyl (C=O) groups excluding carboxylic acids is 2. The molecule has 0 saturated carbocycles. The van der Waals surface area contributed by atoms with Crippen LogP contribution in [0.25, 0.3) is 6.08 Å². The summed E-state index contributed by atoms with van der Waals surface area (Å²) in [5.41, 5.74) is 3.95. The molecule has 0 saturated heterocycles. The first-order valence-electron chi connectivity index (χ1n) is 7.12. The Kier molecular flexibility index (Phi) is 5.27. The first-order chi connectivity index (χ1) is 11.0. The monoisotopic (exact) mass is 314 g/mol. The number of hydroxylamine groups is 1. The van der Waals surface area contributed by atoms with Gasteiger partial charge in [-0.15, -0.1) is 0 Å². The summed E-state index contributed by atoms with van der Waals surface area (Å²) in [6.45, 7) is 4.33. The van der Waals surface area contributed by atoms with Crippen LogP contribution in [0.15, 0.2) is 36.4 Å². The second kappa shape index (κ2) is 7.37. The maximum absolute atomic E-state index is 12.4. The molecule has 0 bridgehead atoms. The van der Waals surface area contributed by atoms with Crippen molar-refractivity contribution in [1.29, 1.82) is 0 Å². The fourth-order valence-electron chi connectivity index (χ4n) is 2.11. The Morgan fingerprint density at radius 1 is 1.35 bits per heavy atom. The van der Waals surface area contributed by atoms with Gasteiger partial charge in [0.2, 0.25) is 0 Å². The highest BCUT2D eigenvalue weighted by Crippen LogP contribution is 2.18. The summed E-state index contributed by atoms with van der Waals surface area (Å²) in [4.78, 5) is 23.5. The third-order valence-electron chi connectivity index (χ3n) is 3.17. The number of hydrogen-bond acceptors (Lipinski definition) is 4. The van der Waals surface area contributed by atoms with Crippen LogP contribution in [0.5, 0.6) is 0 Å². The van der Waals surface area contributed by atoms with Gasteiger partial charge in [-0.3, -0.25) is 19.5 Å². The van der Waals surface area contributed by atoms with Crippen molar-refractivity contribution in [3.8, 4) is 0 Å². The van der Waals surface area contributed by atoms with E-state index in [-0.39, 0.29) is 5.91 Å². The SMILES string of the molecule is CCn1nc(C)cc1C(=O)Nc1ccccc1C=CC(=O)NO. The van der Waals surface area contributed by atoms with Crippen LogP contribution >= 0.6 is 0 Å². The van der Waals surface area contributed by atoms with E-state index in [2.05, 4.69) is 10.4 Å². The molecule has 1 aromatic heterocycles. The standard InChI is InChI=1S/C16H18N4O3/c1-3-20-14(10-11(2)18-20)16(22)17-13-7-5-4-6-12(13)8-9-15(21)19-23/h4-10,23H,3H2,1-2H3,(H,17,22)(H,19,21). The summed E-state index contributed by atoms with van der Waals surface area (Å²) >= 11 is 0. The summed E-state index contributed by atoms with van der Waals surface area (Å²) < 4.78 is 1.63. The average molecular weight is 314 g/mol. The zero-order valence-electron chi connectivity index (χ0n) is 12.9. The predicted molar refractivity (Wildman–Crippen MR) is 86.0 cm³/mol. The topological polar surface area (TPSA) is 96.2 Å². The van der Waals surface area contributed by atoms with Gasteiger partial charge in [-0.2, -0.15) is 5.10 Å². The summed E-state index contributed by atoms with van der Waals surface area (Å²) in [6, 6.07) is 8.76. The van der Waals surface area contributed by atoms with Crippen LogP contribution in [-0.4, -0.2) is 26.8 Å². The second-order valence-corrected chi connectivity index (χ2v) is 4.84. The largest absolute Gasteiger partial charge is 0.320 e. The van der Waals surface area contributed by atoms with Crippen molar-refractivity contribution in [2.75, 3.05) is 5.32 Å². The molecular formula is C16H18N4O3. The van der Waals surface area contributed by atoms with Crippen LogP contribution in [-0.2, 0) is 11.3 Å². The summed E-state index contributed by atoms with van der Waals surface area (Å²) in [5, 5.41) is 15.6. The highest BCUT2D eigenvalue weighted by atomic mass is 16.5. The van der Waals surface area contributed by atoms with E-state index in [0.29, 0.717) is 23.5 Å². The number of anilines is 1. The Bertz CT molecular complexity index is 750. The van der Waals surface area contributed by atoms with Crippen LogP contribution in [0.2, 0.25) is 0 Å². The first kappa shape index (κ1) is 16.4. The highest BCUT2D eigenvalue weighted by molar-refractivity contribution is 6.04. The molecule has 1 heterocycles. The highest BCUT2D eigenvalue weighted by Gasteiger charge is 2.14. The quantitative estimate of drug-likeness (QED) is 0.447. The lowest BCUT2D eigenvalue weighted by molar-refractivity contribution is -0.124. The molecule has 3 N–H and O–H groups in total. The van der Waals surface area contributed by atoms with Crippen molar-refractivity contribution >= 4 is 23.6 Å². The molecular weight excluding hydrogens is 296 g/mol. The minimum absolute atomic E-state index is 0.278. The molecule has 120 valence electrons. The molecule has 1 aromatic carbocycles. The van der Waals surface area contributed by atoms with Gasteiger partial charge in [0.25, 0.3) is 11.8 Å². The summed E-state index contributed by atoms with van der Waals surface area (Å²) in [6.07, 6.45) is 2.68. The number of aryl methyl sites for hydroxylation is 2. The minimum Gasteiger partial charge on any atom is -0.320 e. The first-order valence-corrected chi connectivity index (χ1v) is 7.12. The van der Waals surface area contributed by atoms with Gasteiger partial charge in [-0.05, 0) is 37.6 Å². The third kappa shape index (κ3) is 4.04. The van der Waals surface area contributed by atoms with Crippen LogP contribution in [0, 0.1) is 6.92 Å². The molecule has 7 heteroatoms. The van der Waals surface area contributed by atoms with E-state index < -0.39 is 5.91 Å². The van der Waals surface area contributed by atoms with E-state index >= 15 is 0 Å². The fraction of sp³-hybridized carbons (Fsp3) is 0.188. The second-order valence-electron chi connectivity index (χ2n) is 4.84. The van der Waals surface area contributed by atoms with E-state index in [0.717, 1.165) is 5.69 Å². The zero-order valence-corrected chi connectivity index (χ0v) is 12.9. The molecule has 0 aliphatic rings.